The highest BCUT2D eigenvalue weighted by atomic mass is 32.2. The molecule has 0 atom stereocenters. The minimum absolute atomic E-state index is 0.249. The molecule has 2 aliphatic heterocycles. The Bertz CT molecular complexity index is 922. The van der Waals surface area contributed by atoms with Gasteiger partial charge in [0, 0.05) is 31.6 Å². The van der Waals surface area contributed by atoms with Gasteiger partial charge in [0.05, 0.1) is 0 Å². The molecule has 6 nitrogen and oxygen atoms in total. The molecule has 0 aliphatic carbocycles. The lowest BCUT2D eigenvalue weighted by Gasteiger charge is -2.44. The minimum atomic E-state index is -3.61. The van der Waals surface area contributed by atoms with E-state index in [4.69, 9.17) is 4.74 Å². The monoisotopic (exact) mass is 387 g/mol. The summed E-state index contributed by atoms with van der Waals surface area (Å²) >= 11 is 0. The molecule has 0 saturated carbocycles. The number of nitrogens with one attached hydrogen (secondary N) is 1. The number of nitrogens with zero attached hydrogens (tertiary/aromatic N) is 2. The highest BCUT2D eigenvalue weighted by Gasteiger charge is 2.41. The van der Waals surface area contributed by atoms with Crippen LogP contribution in [0.5, 0.6) is 5.75 Å². The maximum Gasteiger partial charge on any atom is 0.302 e. The van der Waals surface area contributed by atoms with Gasteiger partial charge in [-0.1, -0.05) is 31.2 Å². The van der Waals surface area contributed by atoms with Crippen LogP contribution in [0, 0.1) is 0 Å². The van der Waals surface area contributed by atoms with Gasteiger partial charge in [0.2, 0.25) is 0 Å². The van der Waals surface area contributed by atoms with Gasteiger partial charge in [-0.15, -0.1) is 0 Å². The number of hydrogen-bond donors (Lipinski definition) is 1. The first-order chi connectivity index (χ1) is 13.0. The second-order valence-electron chi connectivity index (χ2n) is 7.27. The zero-order chi connectivity index (χ0) is 18.9. The molecule has 0 radical (unpaired) electrons. The standard InChI is InChI=1S/C20H25N3O3S/c1-2-17-7-5-9-19(21-17)22-27(24,25)23-14-12-20(13-15-23)11-10-16-6-3-4-8-18(16)26-20/h3-9H,2,10-15H2,1H3,(H,21,22). The van der Waals surface area contributed by atoms with Crippen molar-refractivity contribution in [1.29, 1.82) is 0 Å². The molecule has 0 amide bonds. The molecule has 7 heteroatoms. The molecule has 3 heterocycles. The molecule has 4 rings (SSSR count). The Morgan fingerprint density at radius 1 is 1.11 bits per heavy atom. The Morgan fingerprint density at radius 3 is 2.67 bits per heavy atom. The zero-order valence-corrected chi connectivity index (χ0v) is 16.3. The van der Waals surface area contributed by atoms with Gasteiger partial charge in [-0.25, -0.2) is 4.98 Å². The predicted octanol–water partition coefficient (Wildman–Crippen LogP) is 3.16. The number of hydrogen-bond acceptors (Lipinski definition) is 4. The second kappa shape index (κ2) is 7.13. The predicted molar refractivity (Wildman–Crippen MR) is 105 cm³/mol. The molecule has 1 N–H and O–H groups in total. The van der Waals surface area contributed by atoms with E-state index in [-0.39, 0.29) is 5.60 Å². The number of aryl methyl sites for hydroxylation is 2. The highest BCUT2D eigenvalue weighted by molar-refractivity contribution is 7.90. The molecule has 2 aliphatic rings. The molecule has 144 valence electrons. The Hall–Kier alpha value is -2.12. The van der Waals surface area contributed by atoms with E-state index >= 15 is 0 Å². The van der Waals surface area contributed by atoms with Crippen molar-refractivity contribution in [3.8, 4) is 5.75 Å². The number of ether oxygens (including phenoxy) is 1. The van der Waals surface area contributed by atoms with E-state index < -0.39 is 10.2 Å². The van der Waals surface area contributed by atoms with Crippen molar-refractivity contribution in [2.24, 2.45) is 0 Å². The number of piperidine rings is 1. The third kappa shape index (κ3) is 3.80. The first-order valence-corrected chi connectivity index (χ1v) is 10.9. The van der Waals surface area contributed by atoms with Crippen molar-refractivity contribution in [3.63, 3.8) is 0 Å². The summed E-state index contributed by atoms with van der Waals surface area (Å²) in [7, 11) is -3.61. The lowest BCUT2D eigenvalue weighted by molar-refractivity contribution is 0.00192. The Balaban J connectivity index is 1.43. The Morgan fingerprint density at radius 2 is 1.89 bits per heavy atom. The average Bonchev–Trinajstić information content (AvgIpc) is 2.68. The molecular weight excluding hydrogens is 362 g/mol. The van der Waals surface area contributed by atoms with Crippen molar-refractivity contribution in [1.82, 2.24) is 9.29 Å². The van der Waals surface area contributed by atoms with Crippen LogP contribution >= 0.6 is 0 Å². The van der Waals surface area contributed by atoms with Crippen molar-refractivity contribution in [2.75, 3.05) is 17.8 Å². The van der Waals surface area contributed by atoms with Crippen molar-refractivity contribution >= 4 is 16.0 Å². The van der Waals surface area contributed by atoms with Gasteiger partial charge in [0.25, 0.3) is 0 Å². The summed E-state index contributed by atoms with van der Waals surface area (Å²) in [6.45, 7) is 2.89. The van der Waals surface area contributed by atoms with Crippen LogP contribution in [0.2, 0.25) is 0 Å². The maximum atomic E-state index is 12.8. The largest absolute Gasteiger partial charge is 0.487 e. The quantitative estimate of drug-likeness (QED) is 0.875. The third-order valence-corrected chi connectivity index (χ3v) is 7.04. The van der Waals surface area contributed by atoms with E-state index in [1.807, 2.05) is 37.3 Å². The maximum absolute atomic E-state index is 12.8. The summed E-state index contributed by atoms with van der Waals surface area (Å²) in [6.07, 6.45) is 4.08. The number of benzene rings is 1. The van der Waals surface area contributed by atoms with Crippen LogP contribution in [-0.4, -0.2) is 36.4 Å². The molecule has 1 aromatic heterocycles. The molecule has 1 fully saturated rings. The molecule has 2 aromatic rings. The van der Waals surface area contributed by atoms with Crippen LogP contribution in [-0.2, 0) is 23.1 Å². The van der Waals surface area contributed by atoms with Crippen molar-refractivity contribution in [3.05, 3.63) is 53.7 Å². The van der Waals surface area contributed by atoms with Crippen LogP contribution in [0.4, 0.5) is 5.82 Å². The van der Waals surface area contributed by atoms with Gasteiger partial charge in [-0.3, -0.25) is 4.72 Å². The number of anilines is 1. The van der Waals surface area contributed by atoms with Crippen LogP contribution in [0.1, 0.15) is 37.4 Å². The molecule has 0 unspecified atom stereocenters. The van der Waals surface area contributed by atoms with Crippen LogP contribution in [0.15, 0.2) is 42.5 Å². The van der Waals surface area contributed by atoms with E-state index in [2.05, 4.69) is 15.8 Å². The second-order valence-corrected chi connectivity index (χ2v) is 8.94. The number of aromatic nitrogens is 1. The van der Waals surface area contributed by atoms with E-state index in [1.54, 1.807) is 6.07 Å². The smallest absolute Gasteiger partial charge is 0.302 e. The van der Waals surface area contributed by atoms with Gasteiger partial charge in [0.15, 0.2) is 0 Å². The molecule has 27 heavy (non-hydrogen) atoms. The van der Waals surface area contributed by atoms with E-state index in [1.165, 1.54) is 9.87 Å². The molecule has 0 bridgehead atoms. The fraction of sp³-hybridized carbons (Fsp3) is 0.450. The van der Waals surface area contributed by atoms with Crippen molar-refractivity contribution < 1.29 is 13.2 Å². The first-order valence-electron chi connectivity index (χ1n) is 9.50. The summed E-state index contributed by atoms with van der Waals surface area (Å²) in [5.41, 5.74) is 1.85. The van der Waals surface area contributed by atoms with Crippen LogP contribution < -0.4 is 9.46 Å². The fourth-order valence-electron chi connectivity index (χ4n) is 3.87. The first kappa shape index (κ1) is 18.3. The van der Waals surface area contributed by atoms with Gasteiger partial charge in [-0.2, -0.15) is 12.7 Å². The summed E-state index contributed by atoms with van der Waals surface area (Å²) in [5.74, 6) is 1.32. The molecular formula is C20H25N3O3S. The normalized spacial score (nSPS) is 19.3. The molecule has 1 aromatic carbocycles. The topological polar surface area (TPSA) is 71.5 Å². The highest BCUT2D eigenvalue weighted by Crippen LogP contribution is 2.39. The van der Waals surface area contributed by atoms with Gasteiger partial charge < -0.3 is 4.74 Å². The van der Waals surface area contributed by atoms with E-state index in [0.29, 0.717) is 31.7 Å². The Labute approximate surface area is 160 Å². The molecule has 1 spiro atoms. The third-order valence-electron chi connectivity index (χ3n) is 5.53. The van der Waals surface area contributed by atoms with Crippen LogP contribution in [0.25, 0.3) is 0 Å². The summed E-state index contributed by atoms with van der Waals surface area (Å²) in [4.78, 5) is 4.34. The van der Waals surface area contributed by atoms with Gasteiger partial charge in [0.1, 0.15) is 17.2 Å². The fourth-order valence-corrected chi connectivity index (χ4v) is 5.04. The van der Waals surface area contributed by atoms with Gasteiger partial charge >= 0.3 is 10.2 Å². The summed E-state index contributed by atoms with van der Waals surface area (Å²) in [6, 6.07) is 13.5. The zero-order valence-electron chi connectivity index (χ0n) is 15.5. The number of para-hydroxylation sites is 1. The summed E-state index contributed by atoms with van der Waals surface area (Å²) < 4.78 is 36.0. The van der Waals surface area contributed by atoms with Gasteiger partial charge in [-0.05, 0) is 43.0 Å². The average molecular weight is 388 g/mol. The van der Waals surface area contributed by atoms with Crippen molar-refractivity contribution in [2.45, 2.75) is 44.6 Å². The lowest BCUT2D eigenvalue weighted by Crippen LogP contribution is -2.52. The SMILES string of the molecule is CCc1cccc(NS(=O)(=O)N2CCC3(CCc4ccccc4O3)CC2)n1. The minimum Gasteiger partial charge on any atom is -0.487 e. The van der Waals surface area contributed by atoms with Crippen LogP contribution in [0.3, 0.4) is 0 Å². The number of pyridine rings is 1. The molecule has 1 saturated heterocycles. The summed E-state index contributed by atoms with van der Waals surface area (Å²) in [5, 5.41) is 0. The Kier molecular flexibility index (Phi) is 4.82. The van der Waals surface area contributed by atoms with E-state index in [9.17, 15) is 8.42 Å². The lowest BCUT2D eigenvalue weighted by atomic mass is 9.84. The number of fused-ring (bicyclic) bond motifs is 1. The number of rotatable bonds is 4. The van der Waals surface area contributed by atoms with E-state index in [0.717, 1.165) is 30.7 Å².